The van der Waals surface area contributed by atoms with Crippen LogP contribution in [0.2, 0.25) is 0 Å². The molecule has 8 N–H and O–H groups in total. The first-order chi connectivity index (χ1) is 29.4. The molecule has 11 atom stereocenters. The second kappa shape index (κ2) is 14.8. The summed E-state index contributed by atoms with van der Waals surface area (Å²) in [4.78, 5) is 24.6. The van der Waals surface area contributed by atoms with Gasteiger partial charge in [0, 0.05) is 53.0 Å². The largest absolute Gasteiger partial charge is 0.507 e. The molecule has 14 nitrogen and oxygen atoms in total. The molecule has 5 bridgehead atoms. The van der Waals surface area contributed by atoms with Gasteiger partial charge in [0.1, 0.15) is 22.5 Å². The highest BCUT2D eigenvalue weighted by molar-refractivity contribution is 6.21. The van der Waals surface area contributed by atoms with Crippen LogP contribution in [0, 0.1) is 53.3 Å². The van der Waals surface area contributed by atoms with Gasteiger partial charge in [-0.3, -0.25) is 14.8 Å². The number of anilines is 1. The number of piperidine rings is 1. The van der Waals surface area contributed by atoms with Crippen LogP contribution >= 0.6 is 0 Å². The van der Waals surface area contributed by atoms with Crippen LogP contribution in [-0.2, 0) is 9.53 Å². The lowest BCUT2D eigenvalue weighted by Gasteiger charge is -2.47. The van der Waals surface area contributed by atoms with Crippen molar-refractivity contribution < 1.29 is 45.0 Å². The average molecular weight is 854 g/mol. The van der Waals surface area contributed by atoms with Crippen molar-refractivity contribution in [1.82, 2.24) is 5.32 Å². The number of benzene rings is 2. The standard InChI is InChI=1S/C48H63N5O9/c1-22-12-13-30(29-10-9-11-29)47-15-16-48(47,28(47)7)43(58)27(6)38(55)25(4)23(2)24(3)31(54)14-21-61-45(8)42(53-60)34-32-33(39(56)26(5)41(34)62-45)40(57)37(50-44(22)59)36-35(32)51-46(52-36)17-19-49-20-18-46/h12-14,21,23-25,27-29,31,38,43,49,54-58,60H,9-11,15-20H2,1-8H3,(H,50,59)/b21-14+,22-12-,30-13+,53-42-/t23-,24+,25+,27+,28+,31+,38+,43-,45+,47?,48?/m1/s1. The second-order valence-corrected chi connectivity index (χ2v) is 19.9. The van der Waals surface area contributed by atoms with Crippen LogP contribution in [0.15, 0.2) is 50.8 Å². The number of aromatic hydroxyl groups is 2. The van der Waals surface area contributed by atoms with Crippen molar-refractivity contribution in [2.24, 2.45) is 61.5 Å². The number of hydrogen-bond donors (Lipinski definition) is 8. The molecule has 1 amide bonds. The highest BCUT2D eigenvalue weighted by atomic mass is 16.7. The van der Waals surface area contributed by atoms with Gasteiger partial charge in [0.25, 0.3) is 11.7 Å². The predicted octanol–water partition coefficient (Wildman–Crippen LogP) is 5.38. The Balaban J connectivity index is 1.23. The minimum atomic E-state index is -1.77. The number of phenols is 2. The number of oxime groups is 1. The predicted molar refractivity (Wildman–Crippen MR) is 232 cm³/mol. The van der Waals surface area contributed by atoms with E-state index in [0.29, 0.717) is 42.8 Å². The molecule has 0 radical (unpaired) electrons. The number of carbonyl (C=O) groups is 1. The first kappa shape index (κ1) is 42.8. The molecular weight excluding hydrogens is 791 g/mol. The van der Waals surface area contributed by atoms with Crippen molar-refractivity contribution in [1.29, 1.82) is 0 Å². The quantitative estimate of drug-likeness (QED) is 0.104. The number of ether oxygens (including phenoxy) is 2. The lowest BCUT2D eigenvalue weighted by Crippen LogP contribution is -2.47. The van der Waals surface area contributed by atoms with Gasteiger partial charge in [0.15, 0.2) is 17.1 Å². The highest BCUT2D eigenvalue weighted by Gasteiger charge is 2.84. The third-order valence-corrected chi connectivity index (χ3v) is 17.2. The van der Waals surface area contributed by atoms with Crippen LogP contribution in [0.5, 0.6) is 17.2 Å². The van der Waals surface area contributed by atoms with Gasteiger partial charge in [0.05, 0.1) is 40.9 Å². The molecule has 5 aliphatic heterocycles. The maximum absolute atomic E-state index is 14.3. The number of fused-ring (bicyclic) bond motifs is 11. The first-order valence-electron chi connectivity index (χ1n) is 22.6. The summed E-state index contributed by atoms with van der Waals surface area (Å²) in [5, 5.41) is 81.3. The summed E-state index contributed by atoms with van der Waals surface area (Å²) in [7, 11) is 0. The van der Waals surface area contributed by atoms with Gasteiger partial charge in [-0.1, -0.05) is 63.9 Å². The number of amides is 1. The maximum Gasteiger partial charge on any atom is 0.295 e. The van der Waals surface area contributed by atoms with Crippen LogP contribution in [-0.4, -0.2) is 85.2 Å². The number of carbonyl (C=O) groups excluding carboxylic acids is 1. The fourth-order valence-corrected chi connectivity index (χ4v) is 12.5. The summed E-state index contributed by atoms with van der Waals surface area (Å²) < 4.78 is 12.6. The average Bonchev–Trinajstić information content (AvgIpc) is 3.51. The Morgan fingerprint density at radius 1 is 0.855 bits per heavy atom. The van der Waals surface area contributed by atoms with E-state index in [1.807, 2.05) is 33.8 Å². The van der Waals surface area contributed by atoms with Gasteiger partial charge < -0.3 is 50.8 Å². The van der Waals surface area contributed by atoms with Gasteiger partial charge in [-0.15, -0.1) is 0 Å². The maximum atomic E-state index is 14.3. The van der Waals surface area contributed by atoms with E-state index in [4.69, 9.17) is 19.5 Å². The molecule has 334 valence electrons. The summed E-state index contributed by atoms with van der Waals surface area (Å²) in [6.07, 6.45) is 10.2. The van der Waals surface area contributed by atoms with E-state index in [1.54, 1.807) is 20.8 Å². The number of phenolic OH excluding ortho intramolecular Hbond substituents is 2. The van der Waals surface area contributed by atoms with E-state index in [0.717, 1.165) is 32.1 Å². The fourth-order valence-electron chi connectivity index (χ4n) is 12.5. The number of aliphatic hydroxyl groups excluding tert-OH is 3. The number of rotatable bonds is 1. The second-order valence-electron chi connectivity index (χ2n) is 19.9. The Bertz CT molecular complexity index is 2490. The van der Waals surface area contributed by atoms with Crippen LogP contribution in [0.4, 0.5) is 5.69 Å². The monoisotopic (exact) mass is 853 g/mol. The topological polar surface area (TPSA) is 218 Å². The Hall–Kier alpha value is -4.50. The van der Waals surface area contributed by atoms with Crippen LogP contribution in [0.1, 0.15) is 105 Å². The minimum absolute atomic E-state index is 0.00535. The molecule has 10 rings (SSSR count). The Kier molecular flexibility index (Phi) is 10.2. The van der Waals surface area contributed by atoms with Crippen molar-refractivity contribution in [3.63, 3.8) is 0 Å². The summed E-state index contributed by atoms with van der Waals surface area (Å²) in [6.45, 7) is 16.2. The minimum Gasteiger partial charge on any atom is -0.507 e. The molecule has 62 heavy (non-hydrogen) atoms. The van der Waals surface area contributed by atoms with Crippen molar-refractivity contribution in [3.05, 3.63) is 57.5 Å². The molecule has 14 heteroatoms. The summed E-state index contributed by atoms with van der Waals surface area (Å²) >= 11 is 0. The van der Waals surface area contributed by atoms with E-state index in [-0.39, 0.29) is 84.7 Å². The molecule has 1 saturated heterocycles. The Labute approximate surface area is 362 Å². The molecule has 4 fully saturated rings. The third-order valence-electron chi connectivity index (χ3n) is 17.2. The lowest BCUT2D eigenvalue weighted by molar-refractivity contribution is -0.112. The first-order valence-corrected chi connectivity index (χ1v) is 22.6. The summed E-state index contributed by atoms with van der Waals surface area (Å²) in [5.41, 5.74) is 0.518. The third kappa shape index (κ3) is 5.81. The number of allylic oxidation sites excluding steroid dienone is 3. The van der Waals surface area contributed by atoms with E-state index >= 15 is 0 Å². The zero-order valence-electron chi connectivity index (χ0n) is 37.1. The SMILES string of the molecule is C/C1=C/C=C(\C2CCC2)C23CCC2([C@H](O)[C@@H](C)[C@@H](O)[C@@H](C)[C@H](C)[C@H](C)[C@@H](O)/C=C/O[C@@]2(C)Oc4c(C)c(O)c5c(O)c(c6c(c5c4/C2=N/O)=NC2(CCNCC2)N=6)NC1=O)[C@H]3C. The molecule has 1 spiro atoms. The van der Waals surface area contributed by atoms with E-state index in [2.05, 4.69) is 28.8 Å². The van der Waals surface area contributed by atoms with E-state index in [9.17, 15) is 35.5 Å². The fraction of sp³-hybridized carbons (Fsp3) is 0.625. The summed E-state index contributed by atoms with van der Waals surface area (Å²) in [6, 6.07) is 0. The zero-order valence-corrected chi connectivity index (χ0v) is 37.1. The van der Waals surface area contributed by atoms with Crippen LogP contribution in [0.25, 0.3) is 10.8 Å². The number of nitrogens with zero attached hydrogens (tertiary/aromatic N) is 3. The molecule has 0 aromatic heterocycles. The normalized spacial score (nSPS) is 40.8. The van der Waals surface area contributed by atoms with Gasteiger partial charge in [0.2, 0.25) is 0 Å². The molecule has 8 aliphatic rings. The number of aliphatic hydroxyl groups is 3. The smallest absolute Gasteiger partial charge is 0.295 e. The molecule has 2 aromatic carbocycles. The van der Waals surface area contributed by atoms with Crippen LogP contribution in [0.3, 0.4) is 0 Å². The molecule has 2 unspecified atom stereocenters. The molecule has 2 aromatic rings. The number of hydrogen-bond acceptors (Lipinski definition) is 13. The van der Waals surface area contributed by atoms with Crippen molar-refractivity contribution in [2.45, 2.75) is 130 Å². The molecule has 5 heterocycles. The molecular formula is C48H63N5O9. The summed E-state index contributed by atoms with van der Waals surface area (Å²) in [5.74, 6) is -3.54. The lowest BCUT2D eigenvalue weighted by atomic mass is 9.59. The van der Waals surface area contributed by atoms with Crippen LogP contribution < -0.4 is 26.1 Å². The molecule has 3 aliphatic carbocycles. The zero-order chi connectivity index (χ0) is 44.4. The van der Waals surface area contributed by atoms with Gasteiger partial charge >= 0.3 is 0 Å². The molecule has 3 saturated carbocycles. The van der Waals surface area contributed by atoms with Gasteiger partial charge in [-0.2, -0.15) is 0 Å². The van der Waals surface area contributed by atoms with E-state index in [1.165, 1.54) is 17.9 Å². The van der Waals surface area contributed by atoms with Crippen molar-refractivity contribution in [3.8, 4) is 17.2 Å². The Morgan fingerprint density at radius 2 is 1.55 bits per heavy atom. The van der Waals surface area contributed by atoms with Crippen molar-refractivity contribution >= 4 is 28.1 Å². The van der Waals surface area contributed by atoms with E-state index < -0.39 is 47.3 Å². The van der Waals surface area contributed by atoms with Crippen molar-refractivity contribution in [2.75, 3.05) is 18.4 Å². The Morgan fingerprint density at radius 3 is 2.18 bits per heavy atom. The number of nitrogens with one attached hydrogen (secondary N) is 2. The van der Waals surface area contributed by atoms with Gasteiger partial charge in [-0.25, -0.2) is 0 Å². The highest BCUT2D eigenvalue weighted by Crippen LogP contribution is 2.87. The van der Waals surface area contributed by atoms with Gasteiger partial charge in [-0.05, 0) is 88.3 Å².